The van der Waals surface area contributed by atoms with Crippen molar-refractivity contribution in [3.63, 3.8) is 0 Å². The average Bonchev–Trinajstić information content (AvgIpc) is 2.16. The number of carbonyl (C=O) groups is 1. The smallest absolute Gasteiger partial charge is 0.252 e. The number of hydrogen-bond acceptors (Lipinski definition) is 1. The van der Waals surface area contributed by atoms with Gasteiger partial charge in [0.25, 0.3) is 5.91 Å². The van der Waals surface area contributed by atoms with E-state index in [-0.39, 0.29) is 11.4 Å². The number of halogens is 2. The molecule has 0 bridgehead atoms. The molecule has 0 radical (unpaired) electrons. The molecule has 2 nitrogen and oxygen atoms in total. The van der Waals surface area contributed by atoms with Crippen LogP contribution in [0.15, 0.2) is 22.7 Å². The second kappa shape index (κ2) is 5.32. The average molecular weight is 349 g/mol. The lowest BCUT2D eigenvalue weighted by molar-refractivity contribution is 0.0920. The van der Waals surface area contributed by atoms with E-state index < -0.39 is 0 Å². The number of nitrogens with one attached hydrogen (secondary N) is 1. The molecule has 4 heteroatoms. The van der Waals surface area contributed by atoms with E-state index in [1.807, 2.05) is 39.0 Å². The van der Waals surface area contributed by atoms with E-state index in [0.717, 1.165) is 15.4 Å². The van der Waals surface area contributed by atoms with Crippen LogP contribution in [0.2, 0.25) is 0 Å². The molecule has 0 aromatic heterocycles. The van der Waals surface area contributed by atoms with Gasteiger partial charge in [-0.15, -0.1) is 0 Å². The van der Waals surface area contributed by atoms with Crippen LogP contribution in [0, 0.1) is 6.92 Å². The van der Waals surface area contributed by atoms with Crippen molar-refractivity contribution in [2.45, 2.75) is 26.3 Å². The molecule has 0 unspecified atom stereocenters. The molecule has 1 N–H and O–H groups in total. The minimum atomic E-state index is -0.249. The van der Waals surface area contributed by atoms with Crippen molar-refractivity contribution in [2.75, 3.05) is 5.33 Å². The molecule has 1 aromatic rings. The zero-order valence-electron chi connectivity index (χ0n) is 9.60. The minimum absolute atomic E-state index is 0.0590. The highest BCUT2D eigenvalue weighted by atomic mass is 79.9. The Balaban J connectivity index is 2.89. The van der Waals surface area contributed by atoms with Gasteiger partial charge >= 0.3 is 0 Å². The molecule has 0 spiro atoms. The zero-order valence-corrected chi connectivity index (χ0v) is 12.8. The van der Waals surface area contributed by atoms with E-state index in [4.69, 9.17) is 0 Å². The standard InChI is InChI=1S/C12H15Br2NO/c1-8-4-5-9(10(14)6-8)11(16)15-12(2,3)7-13/h4-6H,7H2,1-3H3,(H,15,16). The molecule has 0 aliphatic rings. The molecule has 0 aliphatic heterocycles. The quantitative estimate of drug-likeness (QED) is 0.830. The summed E-state index contributed by atoms with van der Waals surface area (Å²) in [6, 6.07) is 5.70. The van der Waals surface area contributed by atoms with E-state index in [1.54, 1.807) is 0 Å². The molecule has 88 valence electrons. The van der Waals surface area contributed by atoms with Crippen LogP contribution in [0.1, 0.15) is 29.8 Å². The summed E-state index contributed by atoms with van der Waals surface area (Å²) in [5.74, 6) is -0.0590. The zero-order chi connectivity index (χ0) is 12.3. The second-order valence-electron chi connectivity index (χ2n) is 4.45. The topological polar surface area (TPSA) is 29.1 Å². The fraction of sp³-hybridized carbons (Fsp3) is 0.417. The maximum absolute atomic E-state index is 12.0. The Morgan fingerprint density at radius 2 is 2.06 bits per heavy atom. The number of rotatable bonds is 3. The van der Waals surface area contributed by atoms with Crippen LogP contribution >= 0.6 is 31.9 Å². The molecule has 0 saturated heterocycles. The van der Waals surface area contributed by atoms with Crippen molar-refractivity contribution in [3.05, 3.63) is 33.8 Å². The van der Waals surface area contributed by atoms with Gasteiger partial charge in [0.2, 0.25) is 0 Å². The fourth-order valence-electron chi connectivity index (χ4n) is 1.21. The van der Waals surface area contributed by atoms with Crippen LogP contribution in [0.5, 0.6) is 0 Å². The minimum Gasteiger partial charge on any atom is -0.346 e. The van der Waals surface area contributed by atoms with Crippen molar-refractivity contribution in [2.24, 2.45) is 0 Å². The third kappa shape index (κ3) is 3.59. The first-order chi connectivity index (χ1) is 7.35. The van der Waals surface area contributed by atoms with Crippen LogP contribution in [0.4, 0.5) is 0 Å². The van der Waals surface area contributed by atoms with Crippen molar-refractivity contribution in [3.8, 4) is 0 Å². The molecule has 0 aliphatic carbocycles. The third-order valence-electron chi connectivity index (χ3n) is 2.16. The Bertz CT molecular complexity index is 402. The van der Waals surface area contributed by atoms with Crippen LogP contribution in [-0.4, -0.2) is 16.8 Å². The Kier molecular flexibility index (Phi) is 4.56. The molecule has 16 heavy (non-hydrogen) atoms. The molecule has 0 heterocycles. The lowest BCUT2D eigenvalue weighted by atomic mass is 10.1. The number of benzene rings is 1. The highest BCUT2D eigenvalue weighted by Crippen LogP contribution is 2.19. The fourth-order valence-corrected chi connectivity index (χ4v) is 2.03. The Hall–Kier alpha value is -0.350. The van der Waals surface area contributed by atoms with Gasteiger partial charge in [-0.3, -0.25) is 4.79 Å². The molecule has 1 rings (SSSR count). The monoisotopic (exact) mass is 347 g/mol. The molecular weight excluding hydrogens is 334 g/mol. The van der Waals surface area contributed by atoms with Gasteiger partial charge in [0.1, 0.15) is 0 Å². The van der Waals surface area contributed by atoms with Crippen LogP contribution in [-0.2, 0) is 0 Å². The van der Waals surface area contributed by atoms with Gasteiger partial charge in [0.05, 0.1) is 5.56 Å². The molecule has 0 saturated carbocycles. The van der Waals surface area contributed by atoms with E-state index >= 15 is 0 Å². The number of amides is 1. The summed E-state index contributed by atoms with van der Waals surface area (Å²) < 4.78 is 0.829. The second-order valence-corrected chi connectivity index (χ2v) is 5.87. The van der Waals surface area contributed by atoms with Gasteiger partial charge in [0, 0.05) is 15.3 Å². The SMILES string of the molecule is Cc1ccc(C(=O)NC(C)(C)CBr)c(Br)c1. The molecule has 0 atom stereocenters. The number of aryl methyl sites for hydroxylation is 1. The number of hydrogen-bond donors (Lipinski definition) is 1. The lowest BCUT2D eigenvalue weighted by Crippen LogP contribution is -2.44. The molecular formula is C12H15Br2NO. The number of alkyl halides is 1. The van der Waals surface area contributed by atoms with Gasteiger partial charge in [-0.1, -0.05) is 22.0 Å². The summed E-state index contributed by atoms with van der Waals surface area (Å²) in [6.45, 7) is 5.94. The van der Waals surface area contributed by atoms with Gasteiger partial charge < -0.3 is 5.32 Å². The summed E-state index contributed by atoms with van der Waals surface area (Å²) in [7, 11) is 0. The third-order valence-corrected chi connectivity index (χ3v) is 4.21. The Labute approximate surface area is 113 Å². The van der Waals surface area contributed by atoms with E-state index in [9.17, 15) is 4.79 Å². The first kappa shape index (κ1) is 13.7. The first-order valence-corrected chi connectivity index (χ1v) is 6.92. The van der Waals surface area contributed by atoms with E-state index in [0.29, 0.717) is 5.56 Å². The van der Waals surface area contributed by atoms with Crippen LogP contribution in [0.3, 0.4) is 0 Å². The molecule has 0 fully saturated rings. The van der Waals surface area contributed by atoms with Gasteiger partial charge in [-0.25, -0.2) is 0 Å². The van der Waals surface area contributed by atoms with Crippen molar-refractivity contribution >= 4 is 37.8 Å². The highest BCUT2D eigenvalue weighted by molar-refractivity contribution is 9.10. The molecule has 1 aromatic carbocycles. The maximum atomic E-state index is 12.0. The van der Waals surface area contributed by atoms with Gasteiger partial charge in [-0.05, 0) is 54.4 Å². The van der Waals surface area contributed by atoms with Crippen LogP contribution < -0.4 is 5.32 Å². The summed E-state index contributed by atoms with van der Waals surface area (Å²) in [6.07, 6.45) is 0. The summed E-state index contributed by atoms with van der Waals surface area (Å²) in [5.41, 5.74) is 1.55. The van der Waals surface area contributed by atoms with Gasteiger partial charge in [-0.2, -0.15) is 0 Å². The highest BCUT2D eigenvalue weighted by Gasteiger charge is 2.20. The predicted octanol–water partition coefficient (Wildman–Crippen LogP) is 3.66. The summed E-state index contributed by atoms with van der Waals surface area (Å²) in [5, 5.41) is 3.68. The largest absolute Gasteiger partial charge is 0.346 e. The molecule has 1 amide bonds. The van der Waals surface area contributed by atoms with Crippen molar-refractivity contribution in [1.29, 1.82) is 0 Å². The van der Waals surface area contributed by atoms with Crippen molar-refractivity contribution in [1.82, 2.24) is 5.32 Å². The normalized spacial score (nSPS) is 11.3. The maximum Gasteiger partial charge on any atom is 0.252 e. The van der Waals surface area contributed by atoms with Crippen molar-refractivity contribution < 1.29 is 4.79 Å². The van der Waals surface area contributed by atoms with E-state index in [1.165, 1.54) is 0 Å². The lowest BCUT2D eigenvalue weighted by Gasteiger charge is -2.23. The Morgan fingerprint density at radius 3 is 2.56 bits per heavy atom. The Morgan fingerprint density at radius 1 is 1.44 bits per heavy atom. The number of carbonyl (C=O) groups excluding carboxylic acids is 1. The van der Waals surface area contributed by atoms with Gasteiger partial charge in [0.15, 0.2) is 0 Å². The first-order valence-electron chi connectivity index (χ1n) is 5.00. The van der Waals surface area contributed by atoms with E-state index in [2.05, 4.69) is 37.2 Å². The van der Waals surface area contributed by atoms with Crippen LogP contribution in [0.25, 0.3) is 0 Å². The summed E-state index contributed by atoms with van der Waals surface area (Å²) in [4.78, 5) is 12.0. The predicted molar refractivity (Wildman–Crippen MR) is 74.2 cm³/mol. The summed E-state index contributed by atoms with van der Waals surface area (Å²) >= 11 is 6.78.